The van der Waals surface area contributed by atoms with Crippen LogP contribution < -0.4 is 15.0 Å². The van der Waals surface area contributed by atoms with Crippen molar-refractivity contribution in [2.75, 3.05) is 29.9 Å². The molecule has 4 rings (SSSR count). The molecule has 2 aromatic heterocycles. The number of anilines is 2. The molecule has 3 heterocycles. The minimum Gasteiger partial charge on any atom is -0.494 e. The van der Waals surface area contributed by atoms with Crippen molar-refractivity contribution in [1.29, 1.82) is 0 Å². The number of aromatic nitrogens is 4. The van der Waals surface area contributed by atoms with Crippen molar-refractivity contribution < 1.29 is 9.53 Å². The molecule has 1 aromatic carbocycles. The van der Waals surface area contributed by atoms with Gasteiger partial charge in [0.2, 0.25) is 5.91 Å². The Morgan fingerprint density at radius 2 is 1.86 bits per heavy atom. The first-order chi connectivity index (χ1) is 14.0. The average molecular weight is 392 g/mol. The third kappa shape index (κ3) is 4.06. The Balaban J connectivity index is 1.36. The van der Waals surface area contributed by atoms with Gasteiger partial charge in [-0.3, -0.25) is 4.79 Å². The summed E-state index contributed by atoms with van der Waals surface area (Å²) in [5.41, 5.74) is 2.73. The van der Waals surface area contributed by atoms with E-state index in [9.17, 15) is 4.79 Å². The molecule has 3 aromatic rings. The zero-order valence-corrected chi connectivity index (χ0v) is 16.8. The number of amides is 1. The fourth-order valence-electron chi connectivity index (χ4n) is 3.36. The monoisotopic (exact) mass is 392 g/mol. The molecular formula is C21H24N6O2. The van der Waals surface area contributed by atoms with E-state index in [4.69, 9.17) is 4.74 Å². The third-order valence-corrected chi connectivity index (χ3v) is 4.87. The lowest BCUT2D eigenvalue weighted by Crippen LogP contribution is -2.52. The van der Waals surface area contributed by atoms with Gasteiger partial charge in [0, 0.05) is 30.5 Å². The van der Waals surface area contributed by atoms with E-state index in [1.807, 2.05) is 57.2 Å². The van der Waals surface area contributed by atoms with Crippen molar-refractivity contribution in [2.45, 2.75) is 20.8 Å². The fourth-order valence-corrected chi connectivity index (χ4v) is 3.36. The Labute approximate surface area is 169 Å². The molecule has 1 amide bonds. The van der Waals surface area contributed by atoms with Crippen molar-refractivity contribution in [3.8, 4) is 11.6 Å². The number of nitrogens with zero attached hydrogens (tertiary/aromatic N) is 5. The van der Waals surface area contributed by atoms with Crippen LogP contribution in [0.15, 0.2) is 42.7 Å². The van der Waals surface area contributed by atoms with E-state index >= 15 is 0 Å². The minimum absolute atomic E-state index is 0.0123. The van der Waals surface area contributed by atoms with Gasteiger partial charge in [0.15, 0.2) is 5.82 Å². The van der Waals surface area contributed by atoms with E-state index in [0.29, 0.717) is 19.7 Å². The lowest BCUT2D eigenvalue weighted by atomic mass is 9.99. The SMILES string of the molecule is CCOc1ccc(NC(=O)C2CN(c3cc(-n4nc(C)cc4C)ncn3)C2)cc1. The quantitative estimate of drug-likeness (QED) is 0.694. The summed E-state index contributed by atoms with van der Waals surface area (Å²) in [5, 5.41) is 7.43. The number of carbonyl (C=O) groups excluding carboxylic acids is 1. The van der Waals surface area contributed by atoms with E-state index in [2.05, 4.69) is 25.3 Å². The first kappa shape index (κ1) is 18.9. The maximum Gasteiger partial charge on any atom is 0.231 e. The average Bonchev–Trinajstić information content (AvgIpc) is 3.01. The predicted molar refractivity (Wildman–Crippen MR) is 111 cm³/mol. The van der Waals surface area contributed by atoms with E-state index in [-0.39, 0.29) is 11.8 Å². The van der Waals surface area contributed by atoms with Crippen LogP contribution in [0, 0.1) is 19.8 Å². The molecule has 0 radical (unpaired) electrons. The summed E-state index contributed by atoms with van der Waals surface area (Å²) in [5.74, 6) is 2.25. The second-order valence-corrected chi connectivity index (χ2v) is 7.12. The molecule has 0 spiro atoms. The topological polar surface area (TPSA) is 85.2 Å². The Morgan fingerprint density at radius 1 is 1.14 bits per heavy atom. The summed E-state index contributed by atoms with van der Waals surface area (Å²) in [6.45, 7) is 7.75. The minimum atomic E-state index is -0.0753. The smallest absolute Gasteiger partial charge is 0.231 e. The van der Waals surface area contributed by atoms with Crippen LogP contribution in [0.5, 0.6) is 5.75 Å². The zero-order chi connectivity index (χ0) is 20.4. The molecule has 0 aliphatic carbocycles. The van der Waals surface area contributed by atoms with Crippen molar-refractivity contribution >= 4 is 17.4 Å². The number of benzene rings is 1. The van der Waals surface area contributed by atoms with Gasteiger partial charge in [-0.1, -0.05) is 0 Å². The number of rotatable bonds is 6. The van der Waals surface area contributed by atoms with E-state index in [0.717, 1.165) is 34.5 Å². The van der Waals surface area contributed by atoms with Gasteiger partial charge in [-0.25, -0.2) is 14.6 Å². The molecule has 0 atom stereocenters. The van der Waals surface area contributed by atoms with Crippen LogP contribution in [0.1, 0.15) is 18.3 Å². The highest BCUT2D eigenvalue weighted by Gasteiger charge is 2.33. The summed E-state index contributed by atoms with van der Waals surface area (Å²) >= 11 is 0. The third-order valence-electron chi connectivity index (χ3n) is 4.87. The van der Waals surface area contributed by atoms with Crippen LogP contribution in [-0.2, 0) is 4.79 Å². The van der Waals surface area contributed by atoms with E-state index in [1.165, 1.54) is 6.33 Å². The zero-order valence-electron chi connectivity index (χ0n) is 16.8. The van der Waals surface area contributed by atoms with Crippen molar-refractivity contribution in [3.63, 3.8) is 0 Å². The fraction of sp³-hybridized carbons (Fsp3) is 0.333. The van der Waals surface area contributed by atoms with Gasteiger partial charge >= 0.3 is 0 Å². The van der Waals surface area contributed by atoms with Crippen LogP contribution in [0.2, 0.25) is 0 Å². The summed E-state index contributed by atoms with van der Waals surface area (Å²) in [6.07, 6.45) is 1.54. The molecule has 29 heavy (non-hydrogen) atoms. The van der Waals surface area contributed by atoms with Crippen LogP contribution in [0.3, 0.4) is 0 Å². The van der Waals surface area contributed by atoms with Crippen molar-refractivity contribution in [2.24, 2.45) is 5.92 Å². The molecule has 1 N–H and O–H groups in total. The summed E-state index contributed by atoms with van der Waals surface area (Å²) in [6, 6.07) is 11.3. The summed E-state index contributed by atoms with van der Waals surface area (Å²) in [4.78, 5) is 23.3. The number of nitrogens with one attached hydrogen (secondary N) is 1. The molecule has 1 fully saturated rings. The summed E-state index contributed by atoms with van der Waals surface area (Å²) < 4.78 is 7.22. The highest BCUT2D eigenvalue weighted by atomic mass is 16.5. The molecule has 1 aliphatic rings. The highest BCUT2D eigenvalue weighted by Crippen LogP contribution is 2.25. The second kappa shape index (κ2) is 7.90. The molecule has 1 aliphatic heterocycles. The van der Waals surface area contributed by atoms with Gasteiger partial charge in [-0.05, 0) is 51.1 Å². The molecule has 150 valence electrons. The lowest BCUT2D eigenvalue weighted by molar-refractivity contribution is -0.120. The van der Waals surface area contributed by atoms with Crippen molar-refractivity contribution in [1.82, 2.24) is 19.7 Å². The molecule has 0 bridgehead atoms. The van der Waals surface area contributed by atoms with E-state index < -0.39 is 0 Å². The number of carbonyl (C=O) groups is 1. The molecular weight excluding hydrogens is 368 g/mol. The standard InChI is InChI=1S/C21H24N6O2/c1-4-29-18-7-5-17(6-8-18)24-21(28)16-11-26(12-16)19-10-20(23-13-22-19)27-15(3)9-14(2)25-27/h5-10,13,16H,4,11-12H2,1-3H3,(H,24,28). The summed E-state index contributed by atoms with van der Waals surface area (Å²) in [7, 11) is 0. The Morgan fingerprint density at radius 3 is 2.52 bits per heavy atom. The van der Waals surface area contributed by atoms with Crippen molar-refractivity contribution in [3.05, 3.63) is 54.1 Å². The normalized spacial score (nSPS) is 13.8. The Hall–Kier alpha value is -3.42. The Bertz CT molecular complexity index is 1010. The largest absolute Gasteiger partial charge is 0.494 e. The maximum absolute atomic E-state index is 12.5. The number of hydrogen-bond donors (Lipinski definition) is 1. The van der Waals surface area contributed by atoms with Gasteiger partial charge in [0.1, 0.15) is 17.9 Å². The predicted octanol–water partition coefficient (Wildman–Crippen LogP) is 2.75. The van der Waals surface area contributed by atoms with Crippen LogP contribution in [0.25, 0.3) is 5.82 Å². The number of hydrogen-bond acceptors (Lipinski definition) is 6. The van der Waals surface area contributed by atoms with Crippen LogP contribution in [-0.4, -0.2) is 45.4 Å². The molecule has 8 nitrogen and oxygen atoms in total. The molecule has 0 unspecified atom stereocenters. The second-order valence-electron chi connectivity index (χ2n) is 7.12. The highest BCUT2D eigenvalue weighted by molar-refractivity contribution is 5.94. The lowest BCUT2D eigenvalue weighted by Gasteiger charge is -2.39. The molecule has 0 saturated carbocycles. The number of ether oxygens (including phenoxy) is 1. The molecule has 8 heteroatoms. The van der Waals surface area contributed by atoms with Gasteiger partial charge < -0.3 is 15.0 Å². The van der Waals surface area contributed by atoms with Crippen LogP contribution in [0.4, 0.5) is 11.5 Å². The van der Waals surface area contributed by atoms with Gasteiger partial charge in [-0.2, -0.15) is 5.10 Å². The first-order valence-electron chi connectivity index (χ1n) is 9.68. The number of aryl methyl sites for hydroxylation is 2. The van der Waals surface area contributed by atoms with Gasteiger partial charge in [0.25, 0.3) is 0 Å². The van der Waals surface area contributed by atoms with Crippen LogP contribution >= 0.6 is 0 Å². The maximum atomic E-state index is 12.5. The Kier molecular flexibility index (Phi) is 5.16. The molecule has 1 saturated heterocycles. The van der Waals surface area contributed by atoms with Gasteiger partial charge in [0.05, 0.1) is 18.2 Å². The van der Waals surface area contributed by atoms with E-state index in [1.54, 1.807) is 4.68 Å². The first-order valence-corrected chi connectivity index (χ1v) is 9.68. The van der Waals surface area contributed by atoms with Gasteiger partial charge in [-0.15, -0.1) is 0 Å².